The largest absolute Gasteiger partial charge is 0.493 e. The number of rotatable bonds is 9. The fourth-order valence-electron chi connectivity index (χ4n) is 4.26. The molecule has 1 heterocycles. The van der Waals surface area contributed by atoms with Gasteiger partial charge in [-0.1, -0.05) is 54.1 Å². The fourth-order valence-corrected chi connectivity index (χ4v) is 4.26. The van der Waals surface area contributed by atoms with E-state index in [2.05, 4.69) is 5.32 Å². The number of amides is 2. The van der Waals surface area contributed by atoms with Gasteiger partial charge in [0.2, 0.25) is 5.91 Å². The molecule has 0 spiro atoms. The Labute approximate surface area is 200 Å². The maximum atomic E-state index is 13.3. The fraction of sp³-hybridized carbons (Fsp3) is 0.286. The summed E-state index contributed by atoms with van der Waals surface area (Å²) in [5.41, 5.74) is 4.68. The van der Waals surface area contributed by atoms with E-state index in [1.54, 1.807) is 12.0 Å². The summed E-state index contributed by atoms with van der Waals surface area (Å²) in [6, 6.07) is 20.8. The minimum Gasteiger partial charge on any atom is -0.493 e. The third kappa shape index (κ3) is 5.06. The third-order valence-corrected chi connectivity index (χ3v) is 6.09. The molecule has 6 nitrogen and oxygen atoms in total. The number of aryl methyl sites for hydroxylation is 1. The van der Waals surface area contributed by atoms with Crippen molar-refractivity contribution >= 4 is 11.8 Å². The van der Waals surface area contributed by atoms with Crippen molar-refractivity contribution in [3.63, 3.8) is 0 Å². The molecule has 0 saturated heterocycles. The Kier molecular flexibility index (Phi) is 7.16. The number of fused-ring (bicyclic) bond motifs is 1. The Hall–Kier alpha value is -3.80. The Morgan fingerprint density at radius 3 is 2.53 bits per heavy atom. The van der Waals surface area contributed by atoms with Crippen molar-refractivity contribution in [1.82, 2.24) is 10.2 Å². The number of methoxy groups -OCH3 is 1. The normalized spacial score (nSPS) is 13.4. The molecule has 3 aromatic rings. The van der Waals surface area contributed by atoms with Crippen LogP contribution in [0.5, 0.6) is 11.5 Å². The van der Waals surface area contributed by atoms with Crippen molar-refractivity contribution in [2.75, 3.05) is 13.7 Å². The van der Waals surface area contributed by atoms with Gasteiger partial charge in [-0.25, -0.2) is 0 Å². The van der Waals surface area contributed by atoms with Crippen molar-refractivity contribution in [3.8, 4) is 11.5 Å². The summed E-state index contributed by atoms with van der Waals surface area (Å²) in [7, 11) is 1.59. The molecule has 0 aliphatic carbocycles. The van der Waals surface area contributed by atoms with E-state index in [9.17, 15) is 9.59 Å². The van der Waals surface area contributed by atoms with Gasteiger partial charge in [-0.05, 0) is 48.7 Å². The summed E-state index contributed by atoms with van der Waals surface area (Å²) in [5, 5.41) is 3.01. The summed E-state index contributed by atoms with van der Waals surface area (Å²) in [4.78, 5) is 28.1. The lowest BCUT2D eigenvalue weighted by atomic mass is 10.0. The minimum absolute atomic E-state index is 0.0696. The zero-order chi connectivity index (χ0) is 24.1. The molecule has 176 valence electrons. The van der Waals surface area contributed by atoms with E-state index in [1.165, 1.54) is 5.56 Å². The molecule has 0 aromatic heterocycles. The van der Waals surface area contributed by atoms with E-state index in [1.807, 2.05) is 80.6 Å². The van der Waals surface area contributed by atoms with Crippen molar-refractivity contribution in [3.05, 3.63) is 94.5 Å². The smallest absolute Gasteiger partial charge is 0.255 e. The van der Waals surface area contributed by atoms with Gasteiger partial charge >= 0.3 is 0 Å². The van der Waals surface area contributed by atoms with Gasteiger partial charge < -0.3 is 19.7 Å². The molecule has 0 bridgehead atoms. The first-order valence-corrected chi connectivity index (χ1v) is 11.5. The number of nitrogens with zero attached hydrogens (tertiary/aromatic N) is 1. The number of ether oxygens (including phenoxy) is 2. The van der Waals surface area contributed by atoms with E-state index in [4.69, 9.17) is 9.47 Å². The van der Waals surface area contributed by atoms with Crippen molar-refractivity contribution in [1.29, 1.82) is 0 Å². The number of benzene rings is 3. The van der Waals surface area contributed by atoms with Crippen LogP contribution < -0.4 is 14.8 Å². The van der Waals surface area contributed by atoms with Crippen LogP contribution in [0.2, 0.25) is 0 Å². The number of hydrogen-bond donors (Lipinski definition) is 1. The maximum Gasteiger partial charge on any atom is 0.255 e. The van der Waals surface area contributed by atoms with Crippen molar-refractivity contribution in [2.45, 2.75) is 39.4 Å². The van der Waals surface area contributed by atoms with Gasteiger partial charge in [0.25, 0.3) is 5.91 Å². The summed E-state index contributed by atoms with van der Waals surface area (Å²) in [6.45, 7) is 5.35. The highest BCUT2D eigenvalue weighted by Crippen LogP contribution is 2.37. The van der Waals surface area contributed by atoms with Crippen LogP contribution >= 0.6 is 0 Å². The van der Waals surface area contributed by atoms with E-state index >= 15 is 0 Å². The van der Waals surface area contributed by atoms with Gasteiger partial charge in [-0.15, -0.1) is 0 Å². The molecule has 3 aromatic carbocycles. The van der Waals surface area contributed by atoms with Crippen molar-refractivity contribution < 1.29 is 19.1 Å². The highest BCUT2D eigenvalue weighted by Gasteiger charge is 2.34. The molecule has 1 unspecified atom stereocenters. The van der Waals surface area contributed by atoms with Gasteiger partial charge in [0.1, 0.15) is 0 Å². The first-order chi connectivity index (χ1) is 16.5. The average Bonchev–Trinajstić information content (AvgIpc) is 3.19. The molecule has 0 saturated carbocycles. The van der Waals surface area contributed by atoms with Crippen LogP contribution in [0.15, 0.2) is 66.7 Å². The van der Waals surface area contributed by atoms with E-state index in [0.29, 0.717) is 36.8 Å². The van der Waals surface area contributed by atoms with Crippen LogP contribution in [-0.2, 0) is 17.9 Å². The molecule has 1 N–H and O–H groups in total. The molecule has 6 heteroatoms. The number of carbonyl (C=O) groups excluding carboxylic acids is 2. The third-order valence-electron chi connectivity index (χ3n) is 6.09. The van der Waals surface area contributed by atoms with Gasteiger partial charge in [0.15, 0.2) is 11.5 Å². The number of nitrogens with one attached hydrogen (secondary N) is 1. The first-order valence-electron chi connectivity index (χ1n) is 11.5. The zero-order valence-electron chi connectivity index (χ0n) is 19.8. The number of hydrogen-bond acceptors (Lipinski definition) is 4. The lowest BCUT2D eigenvalue weighted by Gasteiger charge is -2.28. The molecule has 0 radical (unpaired) electrons. The topological polar surface area (TPSA) is 67.9 Å². The second kappa shape index (κ2) is 10.4. The Bertz CT molecular complexity index is 1170. The number of carbonyl (C=O) groups is 2. The lowest BCUT2D eigenvalue weighted by Crippen LogP contribution is -2.34. The maximum absolute atomic E-state index is 13.3. The van der Waals surface area contributed by atoms with Gasteiger partial charge in [0, 0.05) is 18.7 Å². The summed E-state index contributed by atoms with van der Waals surface area (Å²) in [6.07, 6.45) is 0.142. The quantitative estimate of drug-likeness (QED) is 0.500. The molecule has 4 rings (SSSR count). The summed E-state index contributed by atoms with van der Waals surface area (Å²) in [5.74, 6) is 1.02. The molecule has 1 atom stereocenters. The minimum atomic E-state index is -0.442. The molecule has 1 aliphatic heterocycles. The Balaban J connectivity index is 1.59. The van der Waals surface area contributed by atoms with E-state index in [0.717, 1.165) is 16.7 Å². The van der Waals surface area contributed by atoms with Gasteiger partial charge in [-0.2, -0.15) is 0 Å². The predicted molar refractivity (Wildman–Crippen MR) is 131 cm³/mol. The Morgan fingerprint density at radius 1 is 1.06 bits per heavy atom. The predicted octanol–water partition coefficient (Wildman–Crippen LogP) is 4.81. The van der Waals surface area contributed by atoms with Crippen LogP contribution in [0, 0.1) is 6.92 Å². The molecule has 1 aliphatic rings. The molecule has 2 amide bonds. The van der Waals surface area contributed by atoms with Crippen molar-refractivity contribution in [2.24, 2.45) is 0 Å². The molecular formula is C28H30N2O4. The molecular weight excluding hydrogens is 428 g/mol. The standard InChI is InChI=1S/C28H30N2O4/c1-4-34-25-14-13-21(15-26(25)33-3)24(30-18-22-7-5-6-8-23(22)28(30)32)16-27(31)29-17-20-11-9-19(2)10-12-20/h5-15,24H,4,16-18H2,1-3H3,(H,29,31). The van der Waals surface area contributed by atoms with Crippen LogP contribution in [-0.4, -0.2) is 30.4 Å². The lowest BCUT2D eigenvalue weighted by molar-refractivity contribution is -0.122. The Morgan fingerprint density at radius 2 is 1.82 bits per heavy atom. The van der Waals surface area contributed by atoms with Crippen LogP contribution in [0.4, 0.5) is 0 Å². The molecule has 34 heavy (non-hydrogen) atoms. The van der Waals surface area contributed by atoms with Crippen LogP contribution in [0.25, 0.3) is 0 Å². The SMILES string of the molecule is CCOc1ccc(C(CC(=O)NCc2ccc(C)cc2)N2Cc3ccccc3C2=O)cc1OC. The van der Waals surface area contributed by atoms with E-state index in [-0.39, 0.29) is 18.2 Å². The molecule has 0 fully saturated rings. The summed E-state index contributed by atoms with van der Waals surface area (Å²) < 4.78 is 11.2. The highest BCUT2D eigenvalue weighted by atomic mass is 16.5. The second-order valence-electron chi connectivity index (χ2n) is 8.42. The zero-order valence-corrected chi connectivity index (χ0v) is 19.8. The highest BCUT2D eigenvalue weighted by molar-refractivity contribution is 5.98. The van der Waals surface area contributed by atoms with Crippen LogP contribution in [0.1, 0.15) is 52.0 Å². The van der Waals surface area contributed by atoms with Gasteiger partial charge in [0.05, 0.1) is 26.2 Å². The monoisotopic (exact) mass is 458 g/mol. The van der Waals surface area contributed by atoms with Crippen LogP contribution in [0.3, 0.4) is 0 Å². The summed E-state index contributed by atoms with van der Waals surface area (Å²) >= 11 is 0. The first kappa shape index (κ1) is 23.4. The second-order valence-corrected chi connectivity index (χ2v) is 8.42. The average molecular weight is 459 g/mol. The van der Waals surface area contributed by atoms with Gasteiger partial charge in [-0.3, -0.25) is 9.59 Å². The van der Waals surface area contributed by atoms with E-state index < -0.39 is 6.04 Å².